The van der Waals surface area contributed by atoms with Crippen LogP contribution in [0.15, 0.2) is 30.3 Å². The molecule has 0 amide bonds. The lowest BCUT2D eigenvalue weighted by Gasteiger charge is -2.27. The molecule has 0 bridgehead atoms. The van der Waals surface area contributed by atoms with E-state index in [1.165, 1.54) is 16.8 Å². The van der Waals surface area contributed by atoms with E-state index < -0.39 is 0 Å². The predicted octanol–water partition coefficient (Wildman–Crippen LogP) is 2.77. The summed E-state index contributed by atoms with van der Waals surface area (Å²) in [6.07, 6.45) is 0.820. The van der Waals surface area contributed by atoms with Gasteiger partial charge in [0, 0.05) is 19.2 Å². The number of nitrogens with one attached hydrogen (secondary N) is 1. The molecular weight excluding hydrogens is 260 g/mol. The molecule has 114 valence electrons. The Kier molecular flexibility index (Phi) is 4.49. The molecule has 1 atom stereocenters. The van der Waals surface area contributed by atoms with Gasteiger partial charge < -0.3 is 0 Å². The van der Waals surface area contributed by atoms with Gasteiger partial charge in [-0.3, -0.25) is 16.0 Å². The van der Waals surface area contributed by atoms with Crippen LogP contribution < -0.4 is 11.3 Å². The van der Waals surface area contributed by atoms with E-state index >= 15 is 0 Å². The number of aromatic nitrogens is 2. The van der Waals surface area contributed by atoms with Crippen LogP contribution >= 0.6 is 0 Å². The molecule has 3 N–H and O–H groups in total. The van der Waals surface area contributed by atoms with E-state index in [9.17, 15) is 0 Å². The summed E-state index contributed by atoms with van der Waals surface area (Å²) in [5.74, 6) is 5.84. The number of nitrogens with zero attached hydrogens (tertiary/aromatic N) is 2. The number of hydrogen-bond donors (Lipinski definition) is 2. The molecule has 0 aliphatic heterocycles. The number of rotatable bonds is 4. The third kappa shape index (κ3) is 3.52. The molecule has 0 spiro atoms. The number of benzene rings is 1. The van der Waals surface area contributed by atoms with Gasteiger partial charge in [-0.15, -0.1) is 0 Å². The van der Waals surface area contributed by atoms with Crippen LogP contribution in [0, 0.1) is 6.92 Å². The van der Waals surface area contributed by atoms with Gasteiger partial charge in [0.1, 0.15) is 0 Å². The Balaban J connectivity index is 2.36. The normalized spacial score (nSPS) is 13.4. The van der Waals surface area contributed by atoms with Crippen molar-refractivity contribution in [2.24, 2.45) is 12.9 Å². The van der Waals surface area contributed by atoms with Gasteiger partial charge in [-0.25, -0.2) is 0 Å². The first kappa shape index (κ1) is 15.7. The van der Waals surface area contributed by atoms with Crippen LogP contribution in [-0.4, -0.2) is 9.78 Å². The van der Waals surface area contributed by atoms with E-state index in [2.05, 4.69) is 61.6 Å². The minimum Gasteiger partial charge on any atom is -0.272 e. The second-order valence-corrected chi connectivity index (χ2v) is 6.66. The van der Waals surface area contributed by atoms with Gasteiger partial charge in [-0.05, 0) is 29.5 Å². The molecule has 2 aromatic rings. The van der Waals surface area contributed by atoms with Crippen molar-refractivity contribution in [3.05, 3.63) is 52.8 Å². The minimum atomic E-state index is 0.0789. The van der Waals surface area contributed by atoms with Crippen molar-refractivity contribution in [1.82, 2.24) is 15.2 Å². The lowest BCUT2D eigenvalue weighted by molar-refractivity contribution is 0.505. The zero-order valence-electron chi connectivity index (χ0n) is 13.6. The molecule has 0 fully saturated rings. The highest BCUT2D eigenvalue weighted by atomic mass is 15.3. The Bertz CT molecular complexity index is 607. The molecule has 0 radical (unpaired) electrons. The summed E-state index contributed by atoms with van der Waals surface area (Å²) in [7, 11) is 1.98. The monoisotopic (exact) mass is 286 g/mol. The maximum absolute atomic E-state index is 5.84. The van der Waals surface area contributed by atoms with Gasteiger partial charge >= 0.3 is 0 Å². The van der Waals surface area contributed by atoms with Gasteiger partial charge in [-0.2, -0.15) is 5.10 Å². The molecule has 0 aliphatic rings. The minimum absolute atomic E-state index is 0.0789. The van der Waals surface area contributed by atoms with Gasteiger partial charge in [-0.1, -0.05) is 45.0 Å². The van der Waals surface area contributed by atoms with Crippen molar-refractivity contribution in [2.45, 2.75) is 45.6 Å². The summed E-state index contributed by atoms with van der Waals surface area (Å²) < 4.78 is 1.93. The number of hydrogen-bond acceptors (Lipinski definition) is 3. The Morgan fingerprint density at radius 2 is 1.95 bits per heavy atom. The quantitative estimate of drug-likeness (QED) is 0.671. The number of aryl methyl sites for hydroxylation is 2. The van der Waals surface area contributed by atoms with Gasteiger partial charge in [0.05, 0.1) is 11.7 Å². The van der Waals surface area contributed by atoms with Crippen molar-refractivity contribution in [3.63, 3.8) is 0 Å². The maximum Gasteiger partial charge on any atom is 0.0596 e. The molecule has 21 heavy (non-hydrogen) atoms. The lowest BCUT2D eigenvalue weighted by atomic mass is 9.81. The standard InChI is InChI=1S/C17H26N4/c1-12-10-13(21(5)20-12)11-16(19-18)14-8-6-7-9-15(14)17(2,3)4/h6-10,16,19H,11,18H2,1-5H3. The first-order valence-electron chi connectivity index (χ1n) is 7.38. The lowest BCUT2D eigenvalue weighted by Crippen LogP contribution is -2.32. The van der Waals surface area contributed by atoms with E-state index in [1.54, 1.807) is 0 Å². The average Bonchev–Trinajstić information content (AvgIpc) is 2.73. The summed E-state index contributed by atoms with van der Waals surface area (Å²) in [6.45, 7) is 8.70. The van der Waals surface area contributed by atoms with Crippen LogP contribution in [0.2, 0.25) is 0 Å². The molecule has 4 heteroatoms. The maximum atomic E-state index is 5.84. The second-order valence-electron chi connectivity index (χ2n) is 6.66. The zero-order valence-corrected chi connectivity index (χ0v) is 13.6. The van der Waals surface area contributed by atoms with Crippen LogP contribution in [0.3, 0.4) is 0 Å². The molecular formula is C17H26N4. The first-order valence-corrected chi connectivity index (χ1v) is 7.38. The van der Waals surface area contributed by atoms with E-state index in [0.29, 0.717) is 0 Å². The van der Waals surface area contributed by atoms with Crippen LogP contribution in [0.1, 0.15) is 49.3 Å². The van der Waals surface area contributed by atoms with Gasteiger partial charge in [0.2, 0.25) is 0 Å². The highest BCUT2D eigenvalue weighted by molar-refractivity contribution is 5.36. The number of hydrazine groups is 1. The Labute approximate surface area is 127 Å². The molecule has 1 aromatic heterocycles. The zero-order chi connectivity index (χ0) is 15.6. The second kappa shape index (κ2) is 6.00. The van der Waals surface area contributed by atoms with Crippen LogP contribution in [0.5, 0.6) is 0 Å². The molecule has 0 aliphatic carbocycles. The van der Waals surface area contributed by atoms with E-state index in [0.717, 1.165) is 12.1 Å². The van der Waals surface area contributed by atoms with Crippen molar-refractivity contribution in [1.29, 1.82) is 0 Å². The molecule has 0 saturated heterocycles. The number of nitrogens with two attached hydrogens (primary N) is 1. The van der Waals surface area contributed by atoms with E-state index in [1.807, 2.05) is 18.7 Å². The summed E-state index contributed by atoms with van der Waals surface area (Å²) in [4.78, 5) is 0. The molecule has 1 aromatic carbocycles. The summed E-state index contributed by atoms with van der Waals surface area (Å²) >= 11 is 0. The van der Waals surface area contributed by atoms with Crippen LogP contribution in [-0.2, 0) is 18.9 Å². The van der Waals surface area contributed by atoms with E-state index in [4.69, 9.17) is 5.84 Å². The fourth-order valence-electron chi connectivity index (χ4n) is 2.81. The SMILES string of the molecule is Cc1cc(CC(NN)c2ccccc2C(C)(C)C)n(C)n1. The highest BCUT2D eigenvalue weighted by Gasteiger charge is 2.22. The first-order chi connectivity index (χ1) is 9.82. The summed E-state index contributed by atoms with van der Waals surface area (Å²) in [5, 5.41) is 4.41. The van der Waals surface area contributed by atoms with Crippen LogP contribution in [0.25, 0.3) is 0 Å². The Hall–Kier alpha value is -1.65. The molecule has 0 saturated carbocycles. The van der Waals surface area contributed by atoms with Crippen molar-refractivity contribution in [2.75, 3.05) is 0 Å². The summed E-state index contributed by atoms with van der Waals surface area (Å²) in [5.41, 5.74) is 7.86. The largest absolute Gasteiger partial charge is 0.272 e. The molecule has 1 unspecified atom stereocenters. The molecule has 1 heterocycles. The smallest absolute Gasteiger partial charge is 0.0596 e. The van der Waals surface area contributed by atoms with Crippen molar-refractivity contribution in [3.8, 4) is 0 Å². The Morgan fingerprint density at radius 1 is 1.29 bits per heavy atom. The van der Waals surface area contributed by atoms with E-state index in [-0.39, 0.29) is 11.5 Å². The fraction of sp³-hybridized carbons (Fsp3) is 0.471. The molecule has 4 nitrogen and oxygen atoms in total. The highest BCUT2D eigenvalue weighted by Crippen LogP contribution is 2.30. The van der Waals surface area contributed by atoms with Gasteiger partial charge in [0.25, 0.3) is 0 Å². The molecule has 2 rings (SSSR count). The average molecular weight is 286 g/mol. The topological polar surface area (TPSA) is 55.9 Å². The van der Waals surface area contributed by atoms with Crippen molar-refractivity contribution < 1.29 is 0 Å². The predicted molar refractivity (Wildman–Crippen MR) is 86.9 cm³/mol. The van der Waals surface area contributed by atoms with Gasteiger partial charge in [0.15, 0.2) is 0 Å². The third-order valence-electron chi connectivity index (χ3n) is 3.86. The fourth-order valence-corrected chi connectivity index (χ4v) is 2.81. The Morgan fingerprint density at radius 3 is 2.48 bits per heavy atom. The van der Waals surface area contributed by atoms with Crippen molar-refractivity contribution >= 4 is 0 Å². The third-order valence-corrected chi connectivity index (χ3v) is 3.86. The summed E-state index contributed by atoms with van der Waals surface area (Å²) in [6, 6.07) is 10.7. The van der Waals surface area contributed by atoms with Crippen LogP contribution in [0.4, 0.5) is 0 Å².